The molecule has 23 heavy (non-hydrogen) atoms. The van der Waals surface area contributed by atoms with Crippen molar-refractivity contribution in [3.8, 4) is 0 Å². The number of aromatic nitrogens is 2. The maximum Gasteiger partial charge on any atom is 0.256 e. The van der Waals surface area contributed by atoms with Crippen LogP contribution in [0.1, 0.15) is 30.1 Å². The first-order valence-corrected chi connectivity index (χ1v) is 7.76. The van der Waals surface area contributed by atoms with Crippen molar-refractivity contribution in [1.29, 1.82) is 0 Å². The van der Waals surface area contributed by atoms with E-state index in [1.54, 1.807) is 12.1 Å². The largest absolute Gasteiger partial charge is 0.356 e. The summed E-state index contributed by atoms with van der Waals surface area (Å²) in [6, 6.07) is 7.32. The molecule has 0 atom stereocenters. The molecule has 3 rings (SSSR count). The topological polar surface area (TPSA) is 58.1 Å². The van der Waals surface area contributed by atoms with E-state index >= 15 is 0 Å². The SMILES string of the molecule is CC1CCN(c2cc(NC(=O)c3cccc(F)c3)ncn2)CC1. The lowest BCUT2D eigenvalue weighted by atomic mass is 9.99. The van der Waals surface area contributed by atoms with Crippen LogP contribution in [0.5, 0.6) is 0 Å². The number of nitrogens with one attached hydrogen (secondary N) is 1. The lowest BCUT2D eigenvalue weighted by Gasteiger charge is -2.31. The van der Waals surface area contributed by atoms with Gasteiger partial charge in [0.25, 0.3) is 5.91 Å². The standard InChI is InChI=1S/C17H19FN4O/c1-12-5-7-22(8-6-12)16-10-15(19-11-20-16)21-17(23)13-3-2-4-14(18)9-13/h2-4,9-12H,5-8H2,1H3,(H,19,20,21,23). The number of amides is 1. The average molecular weight is 314 g/mol. The minimum Gasteiger partial charge on any atom is -0.356 e. The summed E-state index contributed by atoms with van der Waals surface area (Å²) in [4.78, 5) is 22.7. The van der Waals surface area contributed by atoms with Crippen molar-refractivity contribution in [3.05, 3.63) is 48.0 Å². The Morgan fingerprint density at radius 3 is 2.78 bits per heavy atom. The maximum atomic E-state index is 13.2. The van der Waals surface area contributed by atoms with Gasteiger partial charge < -0.3 is 10.2 Å². The van der Waals surface area contributed by atoms with E-state index in [4.69, 9.17) is 0 Å². The first-order chi connectivity index (χ1) is 11.1. The van der Waals surface area contributed by atoms with Gasteiger partial charge >= 0.3 is 0 Å². The third kappa shape index (κ3) is 3.83. The number of halogens is 1. The molecule has 6 heteroatoms. The summed E-state index contributed by atoms with van der Waals surface area (Å²) in [6.45, 7) is 4.16. The number of hydrogen-bond acceptors (Lipinski definition) is 4. The van der Waals surface area contributed by atoms with Gasteiger partial charge in [-0.15, -0.1) is 0 Å². The first-order valence-electron chi connectivity index (χ1n) is 7.76. The Morgan fingerprint density at radius 1 is 1.26 bits per heavy atom. The van der Waals surface area contributed by atoms with Crippen molar-refractivity contribution >= 4 is 17.5 Å². The minimum atomic E-state index is -0.441. The van der Waals surface area contributed by atoms with E-state index in [0.717, 1.165) is 37.7 Å². The fourth-order valence-electron chi connectivity index (χ4n) is 2.64. The molecule has 0 unspecified atom stereocenters. The molecule has 1 aliphatic heterocycles. The van der Waals surface area contributed by atoms with Gasteiger partial charge in [-0.3, -0.25) is 4.79 Å². The molecule has 1 amide bonds. The van der Waals surface area contributed by atoms with Gasteiger partial charge in [-0.05, 0) is 37.0 Å². The molecule has 120 valence electrons. The second-order valence-corrected chi connectivity index (χ2v) is 5.90. The third-order valence-corrected chi connectivity index (χ3v) is 4.09. The van der Waals surface area contributed by atoms with E-state index in [-0.39, 0.29) is 11.5 Å². The number of benzene rings is 1. The molecule has 5 nitrogen and oxygen atoms in total. The molecule has 1 aromatic carbocycles. The number of carbonyl (C=O) groups excluding carboxylic acids is 1. The monoisotopic (exact) mass is 314 g/mol. The van der Waals surface area contributed by atoms with Crippen LogP contribution in [0.4, 0.5) is 16.0 Å². The fourth-order valence-corrected chi connectivity index (χ4v) is 2.64. The summed E-state index contributed by atoms with van der Waals surface area (Å²) >= 11 is 0. The zero-order valence-corrected chi connectivity index (χ0v) is 13.0. The predicted molar refractivity (Wildman–Crippen MR) is 87.0 cm³/mol. The summed E-state index contributed by atoms with van der Waals surface area (Å²) in [5.41, 5.74) is 0.261. The van der Waals surface area contributed by atoms with Gasteiger partial charge in [0.1, 0.15) is 23.8 Å². The highest BCUT2D eigenvalue weighted by atomic mass is 19.1. The summed E-state index contributed by atoms with van der Waals surface area (Å²) in [5.74, 6) is 1.13. The summed E-state index contributed by atoms with van der Waals surface area (Å²) in [5, 5.41) is 2.69. The van der Waals surface area contributed by atoms with Crippen LogP contribution >= 0.6 is 0 Å². The molecular formula is C17H19FN4O. The Hall–Kier alpha value is -2.50. The van der Waals surface area contributed by atoms with Gasteiger partial charge in [-0.25, -0.2) is 14.4 Å². The highest BCUT2D eigenvalue weighted by Gasteiger charge is 2.17. The van der Waals surface area contributed by atoms with Crippen LogP contribution in [-0.2, 0) is 0 Å². The molecule has 1 N–H and O–H groups in total. The van der Waals surface area contributed by atoms with E-state index in [0.29, 0.717) is 5.82 Å². The smallest absolute Gasteiger partial charge is 0.256 e. The van der Waals surface area contributed by atoms with Crippen molar-refractivity contribution in [2.24, 2.45) is 5.92 Å². The Bertz CT molecular complexity index is 698. The van der Waals surface area contributed by atoms with Crippen LogP contribution in [0, 0.1) is 11.7 Å². The highest BCUT2D eigenvalue weighted by Crippen LogP contribution is 2.22. The van der Waals surface area contributed by atoms with Gasteiger partial charge in [0.05, 0.1) is 0 Å². The molecule has 2 aromatic rings. The van der Waals surface area contributed by atoms with Gasteiger partial charge in [0.15, 0.2) is 0 Å². The fraction of sp³-hybridized carbons (Fsp3) is 0.353. The molecular weight excluding hydrogens is 295 g/mol. The zero-order chi connectivity index (χ0) is 16.2. The Kier molecular flexibility index (Phi) is 4.50. The number of piperidine rings is 1. The highest BCUT2D eigenvalue weighted by molar-refractivity contribution is 6.03. The minimum absolute atomic E-state index is 0.261. The quantitative estimate of drug-likeness (QED) is 0.946. The van der Waals surface area contributed by atoms with E-state index in [2.05, 4.69) is 27.1 Å². The molecule has 1 saturated heterocycles. The Balaban J connectivity index is 1.71. The molecule has 1 aliphatic rings. The van der Waals surface area contributed by atoms with Crippen molar-refractivity contribution in [2.75, 3.05) is 23.3 Å². The van der Waals surface area contributed by atoms with Crippen LogP contribution in [0.25, 0.3) is 0 Å². The average Bonchev–Trinajstić information content (AvgIpc) is 2.56. The summed E-state index contributed by atoms with van der Waals surface area (Å²) in [6.07, 6.45) is 3.71. The van der Waals surface area contributed by atoms with E-state index in [1.165, 1.54) is 24.5 Å². The van der Waals surface area contributed by atoms with Crippen LogP contribution < -0.4 is 10.2 Å². The van der Waals surface area contributed by atoms with Gasteiger partial charge in [0, 0.05) is 24.7 Å². The lowest BCUT2D eigenvalue weighted by Crippen LogP contribution is -2.33. The van der Waals surface area contributed by atoms with Gasteiger partial charge in [-0.2, -0.15) is 0 Å². The van der Waals surface area contributed by atoms with Gasteiger partial charge in [0.2, 0.25) is 0 Å². The second-order valence-electron chi connectivity index (χ2n) is 5.90. The Labute approximate surface area is 134 Å². The number of nitrogens with zero attached hydrogens (tertiary/aromatic N) is 3. The summed E-state index contributed by atoms with van der Waals surface area (Å²) in [7, 11) is 0. The first kappa shape index (κ1) is 15.4. The molecule has 0 spiro atoms. The van der Waals surface area contributed by atoms with Crippen LogP contribution in [0.3, 0.4) is 0 Å². The number of rotatable bonds is 3. The van der Waals surface area contributed by atoms with Crippen molar-refractivity contribution < 1.29 is 9.18 Å². The Morgan fingerprint density at radius 2 is 2.04 bits per heavy atom. The van der Waals surface area contributed by atoms with E-state index < -0.39 is 5.82 Å². The molecule has 2 heterocycles. The second kappa shape index (κ2) is 6.73. The zero-order valence-electron chi connectivity index (χ0n) is 13.0. The molecule has 0 radical (unpaired) electrons. The molecule has 1 fully saturated rings. The van der Waals surface area contributed by atoms with Crippen molar-refractivity contribution in [1.82, 2.24) is 9.97 Å². The number of carbonyl (C=O) groups is 1. The molecule has 0 bridgehead atoms. The van der Waals surface area contributed by atoms with Crippen molar-refractivity contribution in [2.45, 2.75) is 19.8 Å². The lowest BCUT2D eigenvalue weighted by molar-refractivity contribution is 0.102. The van der Waals surface area contributed by atoms with E-state index in [9.17, 15) is 9.18 Å². The molecule has 1 aromatic heterocycles. The van der Waals surface area contributed by atoms with Crippen molar-refractivity contribution in [3.63, 3.8) is 0 Å². The normalized spacial score (nSPS) is 15.5. The summed E-state index contributed by atoms with van der Waals surface area (Å²) < 4.78 is 13.2. The van der Waals surface area contributed by atoms with Gasteiger partial charge in [-0.1, -0.05) is 13.0 Å². The maximum absolute atomic E-state index is 13.2. The van der Waals surface area contributed by atoms with Crippen LogP contribution in [0.2, 0.25) is 0 Å². The number of anilines is 2. The predicted octanol–water partition coefficient (Wildman–Crippen LogP) is 3.10. The third-order valence-electron chi connectivity index (χ3n) is 4.09. The van der Waals surface area contributed by atoms with E-state index in [1.807, 2.05) is 0 Å². The molecule has 0 saturated carbocycles. The number of hydrogen-bond donors (Lipinski definition) is 1. The molecule has 0 aliphatic carbocycles. The van der Waals surface area contributed by atoms with Crippen LogP contribution in [-0.4, -0.2) is 29.0 Å². The van der Waals surface area contributed by atoms with Crippen LogP contribution in [0.15, 0.2) is 36.7 Å².